The Hall–Kier alpha value is -3.16. The van der Waals surface area contributed by atoms with Crippen LogP contribution in [0.3, 0.4) is 0 Å². The van der Waals surface area contributed by atoms with E-state index in [9.17, 15) is 9.59 Å². The molecule has 3 aliphatic rings. The Morgan fingerprint density at radius 3 is 2.10 bits per heavy atom. The van der Waals surface area contributed by atoms with E-state index in [1.54, 1.807) is 7.11 Å². The van der Waals surface area contributed by atoms with Crippen molar-refractivity contribution in [1.29, 1.82) is 0 Å². The lowest BCUT2D eigenvalue weighted by Gasteiger charge is -2.44. The number of nitrogens with zero attached hydrogens (tertiary/aromatic N) is 1. The molecule has 0 atom stereocenters. The lowest BCUT2D eigenvalue weighted by atomic mass is 9.71. The standard InChI is InChI=1S/C35H33Br2NO4/c1-41-31-20-24(19-26(37)35(31)42-21-23-11-5-6-12-25(23)36)32-33-27(13-7-15-29(33)39)38(18-17-22-9-3-2-4-10-22)28-14-8-16-30(40)34(28)32/h2-6,9-12,19-20,32H,7-8,13-18,21H2,1H3. The Labute approximate surface area is 263 Å². The SMILES string of the molecule is COc1cc(C2C3=C(CCCC3=O)N(CCc3ccccc3)C3=C2C(=O)CCC3)cc(Br)c1OCc1ccccc1Br. The molecule has 3 aromatic rings. The number of benzene rings is 3. The first-order valence-corrected chi connectivity index (χ1v) is 16.1. The summed E-state index contributed by atoms with van der Waals surface area (Å²) in [6.07, 6.45) is 5.19. The molecule has 0 saturated carbocycles. The molecule has 5 nitrogen and oxygen atoms in total. The van der Waals surface area contributed by atoms with Crippen molar-refractivity contribution in [3.8, 4) is 11.5 Å². The average Bonchev–Trinajstić information content (AvgIpc) is 3.00. The number of ketones is 2. The van der Waals surface area contributed by atoms with Crippen molar-refractivity contribution in [2.45, 2.75) is 57.5 Å². The van der Waals surface area contributed by atoms with E-state index in [-0.39, 0.29) is 11.6 Å². The second kappa shape index (κ2) is 12.6. The Bertz CT molecular complexity index is 1550. The molecule has 0 fully saturated rings. The zero-order valence-corrected chi connectivity index (χ0v) is 26.8. The van der Waals surface area contributed by atoms with E-state index in [0.717, 1.165) is 81.3 Å². The molecule has 0 N–H and O–H groups in total. The van der Waals surface area contributed by atoms with Gasteiger partial charge in [0.25, 0.3) is 0 Å². The van der Waals surface area contributed by atoms with Gasteiger partial charge in [-0.3, -0.25) is 9.59 Å². The van der Waals surface area contributed by atoms with Crippen LogP contribution in [0.15, 0.2) is 98.2 Å². The number of methoxy groups -OCH3 is 1. The minimum atomic E-state index is -0.411. The lowest BCUT2D eigenvalue weighted by Crippen LogP contribution is -2.40. The number of ether oxygens (including phenoxy) is 2. The molecule has 7 heteroatoms. The van der Waals surface area contributed by atoms with E-state index in [1.165, 1.54) is 5.56 Å². The number of carbonyl (C=O) groups is 2. The maximum absolute atomic E-state index is 13.7. The fraction of sp³-hybridized carbons (Fsp3) is 0.314. The lowest BCUT2D eigenvalue weighted by molar-refractivity contribution is -0.117. The van der Waals surface area contributed by atoms with Gasteiger partial charge in [0.2, 0.25) is 0 Å². The largest absolute Gasteiger partial charge is 0.493 e. The fourth-order valence-corrected chi connectivity index (χ4v) is 7.49. The third-order valence-corrected chi connectivity index (χ3v) is 9.83. The first-order chi connectivity index (χ1) is 20.5. The Balaban J connectivity index is 1.41. The number of hydrogen-bond donors (Lipinski definition) is 0. The minimum Gasteiger partial charge on any atom is -0.493 e. The molecule has 0 radical (unpaired) electrons. The summed E-state index contributed by atoms with van der Waals surface area (Å²) in [6, 6.07) is 22.3. The molecule has 216 valence electrons. The molecule has 0 aromatic heterocycles. The van der Waals surface area contributed by atoms with Crippen LogP contribution in [0.1, 0.15) is 61.1 Å². The quantitative estimate of drug-likeness (QED) is 0.237. The summed E-state index contributed by atoms with van der Waals surface area (Å²) in [5, 5.41) is 0. The van der Waals surface area contributed by atoms with E-state index < -0.39 is 5.92 Å². The molecule has 0 spiro atoms. The van der Waals surface area contributed by atoms with Gasteiger partial charge in [0.05, 0.1) is 11.6 Å². The summed E-state index contributed by atoms with van der Waals surface area (Å²) in [4.78, 5) is 29.8. The van der Waals surface area contributed by atoms with Crippen molar-refractivity contribution >= 4 is 43.4 Å². The van der Waals surface area contributed by atoms with Crippen LogP contribution in [0.4, 0.5) is 0 Å². The minimum absolute atomic E-state index is 0.139. The Morgan fingerprint density at radius 1 is 0.810 bits per heavy atom. The predicted octanol–water partition coefficient (Wildman–Crippen LogP) is 8.46. The monoisotopic (exact) mass is 689 g/mol. The van der Waals surface area contributed by atoms with E-state index >= 15 is 0 Å². The van der Waals surface area contributed by atoms with Gasteiger partial charge < -0.3 is 14.4 Å². The zero-order chi connectivity index (χ0) is 29.2. The van der Waals surface area contributed by atoms with Crippen molar-refractivity contribution in [1.82, 2.24) is 4.90 Å². The Morgan fingerprint density at radius 2 is 1.45 bits per heavy atom. The van der Waals surface area contributed by atoms with Gasteiger partial charge in [0.15, 0.2) is 23.1 Å². The van der Waals surface area contributed by atoms with Crippen LogP contribution in [-0.2, 0) is 22.6 Å². The first-order valence-electron chi connectivity index (χ1n) is 14.5. The third-order valence-electron chi connectivity index (χ3n) is 8.47. The normalized spacial score (nSPS) is 17.4. The van der Waals surface area contributed by atoms with Crippen molar-refractivity contribution in [2.24, 2.45) is 0 Å². The molecule has 0 unspecified atom stereocenters. The highest BCUT2D eigenvalue weighted by molar-refractivity contribution is 9.10. The molecule has 3 aromatic carbocycles. The van der Waals surface area contributed by atoms with Crippen molar-refractivity contribution in [2.75, 3.05) is 13.7 Å². The maximum atomic E-state index is 13.7. The number of rotatable bonds is 8. The highest BCUT2D eigenvalue weighted by Crippen LogP contribution is 2.51. The molecule has 6 rings (SSSR count). The second-order valence-electron chi connectivity index (χ2n) is 11.0. The van der Waals surface area contributed by atoms with Crippen molar-refractivity contribution in [3.63, 3.8) is 0 Å². The summed E-state index contributed by atoms with van der Waals surface area (Å²) < 4.78 is 13.8. The molecule has 0 amide bonds. The highest BCUT2D eigenvalue weighted by atomic mass is 79.9. The van der Waals surface area contributed by atoms with Gasteiger partial charge in [-0.05, 0) is 77.4 Å². The van der Waals surface area contributed by atoms with Gasteiger partial charge in [-0.1, -0.05) is 64.5 Å². The van der Waals surface area contributed by atoms with Crippen molar-refractivity contribution < 1.29 is 19.1 Å². The summed E-state index contributed by atoms with van der Waals surface area (Å²) in [7, 11) is 1.62. The average molecular weight is 691 g/mol. The zero-order valence-electron chi connectivity index (χ0n) is 23.6. The number of carbonyl (C=O) groups excluding carboxylic acids is 2. The number of Topliss-reactive ketones (excluding diaryl/α,β-unsaturated/α-hetero) is 2. The molecule has 0 bridgehead atoms. The number of halogens is 2. The summed E-state index contributed by atoms with van der Waals surface area (Å²) >= 11 is 7.33. The summed E-state index contributed by atoms with van der Waals surface area (Å²) in [5.74, 6) is 1.02. The van der Waals surface area contributed by atoms with Crippen molar-refractivity contribution in [3.05, 3.63) is 115 Å². The topological polar surface area (TPSA) is 55.8 Å². The smallest absolute Gasteiger partial charge is 0.175 e. The number of hydrogen-bond acceptors (Lipinski definition) is 5. The van der Waals surface area contributed by atoms with Crippen LogP contribution in [0.25, 0.3) is 0 Å². The summed E-state index contributed by atoms with van der Waals surface area (Å²) in [6.45, 7) is 1.11. The van der Waals surface area contributed by atoms with Crippen LogP contribution in [0.2, 0.25) is 0 Å². The maximum Gasteiger partial charge on any atom is 0.175 e. The molecule has 42 heavy (non-hydrogen) atoms. The van der Waals surface area contributed by atoms with Crippen LogP contribution < -0.4 is 9.47 Å². The van der Waals surface area contributed by atoms with E-state index in [1.807, 2.05) is 42.5 Å². The molecule has 1 heterocycles. The molecular weight excluding hydrogens is 658 g/mol. The molecular formula is C35H33Br2NO4. The molecule has 1 aliphatic heterocycles. The Kier molecular flexibility index (Phi) is 8.68. The van der Waals surface area contributed by atoms with Crippen LogP contribution in [0, 0.1) is 0 Å². The molecule has 0 saturated heterocycles. The van der Waals surface area contributed by atoms with Gasteiger partial charge in [0, 0.05) is 57.9 Å². The van der Waals surface area contributed by atoms with Crippen LogP contribution in [-0.4, -0.2) is 30.1 Å². The number of allylic oxidation sites excluding steroid dienone is 4. The van der Waals surface area contributed by atoms with Gasteiger partial charge >= 0.3 is 0 Å². The summed E-state index contributed by atoms with van der Waals surface area (Å²) in [5.41, 5.74) is 6.87. The van der Waals surface area contributed by atoms with Gasteiger partial charge in [-0.25, -0.2) is 0 Å². The van der Waals surface area contributed by atoms with E-state index in [2.05, 4.69) is 61.0 Å². The van der Waals surface area contributed by atoms with Gasteiger partial charge in [-0.15, -0.1) is 0 Å². The van der Waals surface area contributed by atoms with Crippen LogP contribution >= 0.6 is 31.9 Å². The predicted molar refractivity (Wildman–Crippen MR) is 171 cm³/mol. The van der Waals surface area contributed by atoms with Gasteiger partial charge in [-0.2, -0.15) is 0 Å². The second-order valence-corrected chi connectivity index (χ2v) is 12.7. The van der Waals surface area contributed by atoms with E-state index in [4.69, 9.17) is 9.47 Å². The van der Waals surface area contributed by atoms with E-state index in [0.29, 0.717) is 30.9 Å². The highest BCUT2D eigenvalue weighted by Gasteiger charge is 2.43. The first kappa shape index (κ1) is 28.9. The van der Waals surface area contributed by atoms with Gasteiger partial charge in [0.1, 0.15) is 6.61 Å². The van der Waals surface area contributed by atoms with Crippen LogP contribution in [0.5, 0.6) is 11.5 Å². The third kappa shape index (κ3) is 5.61. The fourth-order valence-electron chi connectivity index (χ4n) is 6.52. The molecule has 2 aliphatic carbocycles.